The van der Waals surface area contributed by atoms with Crippen LogP contribution in [0.25, 0.3) is 0 Å². The first kappa shape index (κ1) is 20.2. The summed E-state index contributed by atoms with van der Waals surface area (Å²) in [5, 5.41) is 2.56. The number of carbonyl (C=O) groups is 3. The minimum atomic E-state index is -0.966. The molecule has 6 nitrogen and oxygen atoms in total. The molecule has 0 heterocycles. The predicted molar refractivity (Wildman–Crippen MR) is 101 cm³/mol. The SMILES string of the molecule is CCOc1ccc(C(=O)[C@@H](C)OC(=O)[C@H](C)NC(=O)c2ccccc2)cc1. The van der Waals surface area contributed by atoms with E-state index in [1.165, 1.54) is 13.8 Å². The second-order valence-corrected chi connectivity index (χ2v) is 5.96. The van der Waals surface area contributed by atoms with Crippen LogP contribution in [0.15, 0.2) is 54.6 Å². The standard InChI is InChI=1S/C21H23NO5/c1-4-26-18-12-10-16(11-13-18)19(23)15(3)27-21(25)14(2)22-20(24)17-8-6-5-7-9-17/h5-15H,4H2,1-3H3,(H,22,24)/t14-,15+/m0/s1. The Morgan fingerprint density at radius 1 is 0.926 bits per heavy atom. The van der Waals surface area contributed by atoms with E-state index in [-0.39, 0.29) is 11.7 Å². The molecule has 1 amide bonds. The smallest absolute Gasteiger partial charge is 0.329 e. The highest BCUT2D eigenvalue weighted by Crippen LogP contribution is 2.14. The van der Waals surface area contributed by atoms with E-state index in [9.17, 15) is 14.4 Å². The Morgan fingerprint density at radius 2 is 1.56 bits per heavy atom. The van der Waals surface area contributed by atoms with Crippen molar-refractivity contribution >= 4 is 17.7 Å². The maximum absolute atomic E-state index is 12.4. The van der Waals surface area contributed by atoms with Crippen molar-refractivity contribution in [3.8, 4) is 5.75 Å². The average molecular weight is 369 g/mol. The monoisotopic (exact) mass is 369 g/mol. The Balaban J connectivity index is 1.91. The second-order valence-electron chi connectivity index (χ2n) is 5.96. The van der Waals surface area contributed by atoms with Crippen molar-refractivity contribution in [3.05, 3.63) is 65.7 Å². The molecule has 0 saturated heterocycles. The molecule has 27 heavy (non-hydrogen) atoms. The molecule has 0 saturated carbocycles. The summed E-state index contributed by atoms with van der Waals surface area (Å²) >= 11 is 0. The van der Waals surface area contributed by atoms with E-state index >= 15 is 0 Å². The third-order valence-corrected chi connectivity index (χ3v) is 3.85. The van der Waals surface area contributed by atoms with Crippen molar-refractivity contribution in [3.63, 3.8) is 0 Å². The summed E-state index contributed by atoms with van der Waals surface area (Å²) in [5.41, 5.74) is 0.857. The van der Waals surface area contributed by atoms with Crippen LogP contribution >= 0.6 is 0 Å². The number of ether oxygens (including phenoxy) is 2. The molecule has 2 atom stereocenters. The number of hydrogen-bond acceptors (Lipinski definition) is 5. The summed E-state index contributed by atoms with van der Waals surface area (Å²) in [6, 6.07) is 14.3. The van der Waals surface area contributed by atoms with Crippen molar-refractivity contribution in [1.82, 2.24) is 5.32 Å². The van der Waals surface area contributed by atoms with Gasteiger partial charge in [-0.25, -0.2) is 4.79 Å². The summed E-state index contributed by atoms with van der Waals surface area (Å²) in [6.07, 6.45) is -0.966. The molecule has 2 aromatic rings. The van der Waals surface area contributed by atoms with Crippen molar-refractivity contribution in [2.24, 2.45) is 0 Å². The van der Waals surface area contributed by atoms with Crippen molar-refractivity contribution in [1.29, 1.82) is 0 Å². The van der Waals surface area contributed by atoms with Crippen LogP contribution < -0.4 is 10.1 Å². The van der Waals surface area contributed by atoms with E-state index in [0.717, 1.165) is 0 Å². The second kappa shape index (κ2) is 9.52. The van der Waals surface area contributed by atoms with Gasteiger partial charge in [0.2, 0.25) is 5.78 Å². The summed E-state index contributed by atoms with van der Waals surface area (Å²) in [6.45, 7) is 5.42. The van der Waals surface area contributed by atoms with Gasteiger partial charge in [-0.2, -0.15) is 0 Å². The molecule has 0 bridgehead atoms. The van der Waals surface area contributed by atoms with Crippen LogP contribution in [0.3, 0.4) is 0 Å². The molecule has 0 aliphatic heterocycles. The zero-order chi connectivity index (χ0) is 19.8. The highest BCUT2D eigenvalue weighted by atomic mass is 16.5. The molecular formula is C21H23NO5. The Morgan fingerprint density at radius 3 is 2.15 bits per heavy atom. The van der Waals surface area contributed by atoms with Gasteiger partial charge in [0.25, 0.3) is 5.91 Å². The molecule has 2 rings (SSSR count). The van der Waals surface area contributed by atoms with Crippen LogP contribution in [0.4, 0.5) is 0 Å². The van der Waals surface area contributed by atoms with E-state index in [2.05, 4.69) is 5.32 Å². The zero-order valence-corrected chi connectivity index (χ0v) is 15.6. The van der Waals surface area contributed by atoms with E-state index in [4.69, 9.17) is 9.47 Å². The van der Waals surface area contributed by atoms with Gasteiger partial charge in [0.1, 0.15) is 11.8 Å². The first-order valence-electron chi connectivity index (χ1n) is 8.75. The van der Waals surface area contributed by atoms with Gasteiger partial charge in [0, 0.05) is 11.1 Å². The van der Waals surface area contributed by atoms with Crippen molar-refractivity contribution in [2.75, 3.05) is 6.61 Å². The normalized spacial score (nSPS) is 12.6. The molecule has 0 fully saturated rings. The topological polar surface area (TPSA) is 81.7 Å². The molecule has 1 N–H and O–H groups in total. The average Bonchev–Trinajstić information content (AvgIpc) is 2.68. The zero-order valence-electron chi connectivity index (χ0n) is 15.6. The first-order chi connectivity index (χ1) is 12.9. The minimum Gasteiger partial charge on any atom is -0.494 e. The molecule has 142 valence electrons. The lowest BCUT2D eigenvalue weighted by atomic mass is 10.1. The summed E-state index contributed by atoms with van der Waals surface area (Å²) in [5.74, 6) is -0.722. The number of esters is 1. The van der Waals surface area contributed by atoms with Crippen LogP contribution in [0.2, 0.25) is 0 Å². The fourth-order valence-corrected chi connectivity index (χ4v) is 2.38. The molecule has 0 spiro atoms. The largest absolute Gasteiger partial charge is 0.494 e. The highest BCUT2D eigenvalue weighted by Gasteiger charge is 2.24. The Labute approximate surface area is 158 Å². The number of rotatable bonds is 8. The van der Waals surface area contributed by atoms with Crippen molar-refractivity contribution in [2.45, 2.75) is 32.9 Å². The number of benzene rings is 2. The predicted octanol–water partition coefficient (Wildman–Crippen LogP) is 3.02. The highest BCUT2D eigenvalue weighted by molar-refractivity contribution is 6.01. The van der Waals surface area contributed by atoms with Crippen LogP contribution in [0.5, 0.6) is 5.75 Å². The van der Waals surface area contributed by atoms with Crippen molar-refractivity contribution < 1.29 is 23.9 Å². The third kappa shape index (κ3) is 5.67. The van der Waals surface area contributed by atoms with Gasteiger partial charge in [-0.15, -0.1) is 0 Å². The Hall–Kier alpha value is -3.15. The first-order valence-corrected chi connectivity index (χ1v) is 8.75. The van der Waals surface area contributed by atoms with Gasteiger partial charge in [0.05, 0.1) is 6.61 Å². The number of carbonyl (C=O) groups excluding carboxylic acids is 3. The molecule has 0 unspecified atom stereocenters. The minimum absolute atomic E-state index is 0.326. The number of hydrogen-bond donors (Lipinski definition) is 1. The maximum Gasteiger partial charge on any atom is 0.329 e. The van der Waals surface area contributed by atoms with Crippen LogP contribution in [0, 0.1) is 0 Å². The van der Waals surface area contributed by atoms with Gasteiger partial charge in [0.15, 0.2) is 6.10 Å². The maximum atomic E-state index is 12.4. The number of ketones is 1. The number of amides is 1. The fourth-order valence-electron chi connectivity index (χ4n) is 2.38. The number of nitrogens with one attached hydrogen (secondary N) is 1. The number of Topliss-reactive ketones (excluding diaryl/α,β-unsaturated/α-hetero) is 1. The molecule has 2 aromatic carbocycles. The van der Waals surface area contributed by atoms with E-state index in [1.54, 1.807) is 54.6 Å². The van der Waals surface area contributed by atoms with Crippen LogP contribution in [0.1, 0.15) is 41.5 Å². The summed E-state index contributed by atoms with van der Waals surface area (Å²) < 4.78 is 10.5. The molecule has 6 heteroatoms. The quantitative estimate of drug-likeness (QED) is 0.571. The van der Waals surface area contributed by atoms with Gasteiger partial charge in [-0.05, 0) is 57.2 Å². The molecule has 0 radical (unpaired) electrons. The Kier molecular flexibility index (Phi) is 7.11. The van der Waals surface area contributed by atoms with E-state index in [0.29, 0.717) is 23.5 Å². The van der Waals surface area contributed by atoms with E-state index < -0.39 is 18.1 Å². The van der Waals surface area contributed by atoms with Gasteiger partial charge in [-0.3, -0.25) is 9.59 Å². The van der Waals surface area contributed by atoms with Gasteiger partial charge in [-0.1, -0.05) is 18.2 Å². The van der Waals surface area contributed by atoms with E-state index in [1.807, 2.05) is 6.92 Å². The lowest BCUT2D eigenvalue weighted by molar-refractivity contribution is -0.148. The fraction of sp³-hybridized carbons (Fsp3) is 0.286. The van der Waals surface area contributed by atoms with Gasteiger partial charge >= 0.3 is 5.97 Å². The molecular weight excluding hydrogens is 346 g/mol. The lowest BCUT2D eigenvalue weighted by Gasteiger charge is -2.17. The summed E-state index contributed by atoms with van der Waals surface area (Å²) in [7, 11) is 0. The van der Waals surface area contributed by atoms with Crippen LogP contribution in [-0.4, -0.2) is 36.4 Å². The molecule has 0 aliphatic carbocycles. The molecule has 0 aromatic heterocycles. The summed E-state index contributed by atoms with van der Waals surface area (Å²) in [4.78, 5) is 36.7. The van der Waals surface area contributed by atoms with Gasteiger partial charge < -0.3 is 14.8 Å². The lowest BCUT2D eigenvalue weighted by Crippen LogP contribution is -2.41. The third-order valence-electron chi connectivity index (χ3n) is 3.85. The Bertz CT molecular complexity index is 786. The van der Waals surface area contributed by atoms with Crippen LogP contribution in [-0.2, 0) is 9.53 Å². The molecule has 0 aliphatic rings.